The third kappa shape index (κ3) is 5.85. The van der Waals surface area contributed by atoms with Crippen molar-refractivity contribution in [1.29, 1.82) is 0 Å². The average Bonchev–Trinajstić information content (AvgIpc) is 2.58. The minimum atomic E-state index is -4.74. The van der Waals surface area contributed by atoms with Crippen LogP contribution in [-0.4, -0.2) is 21.1 Å². The summed E-state index contributed by atoms with van der Waals surface area (Å²) in [5.41, 5.74) is -1.29. The Morgan fingerprint density at radius 2 is 1.81 bits per heavy atom. The molecule has 0 bridgehead atoms. The maximum Gasteiger partial charge on any atom is 0.433 e. The van der Waals surface area contributed by atoms with Crippen LogP contribution in [-0.2, 0) is 11.0 Å². The Hall–Kier alpha value is -2.29. The van der Waals surface area contributed by atoms with Gasteiger partial charge in [0.2, 0.25) is 5.91 Å². The van der Waals surface area contributed by atoms with Gasteiger partial charge >= 0.3 is 6.18 Å². The lowest BCUT2D eigenvalue weighted by Crippen LogP contribution is -2.37. The zero-order valence-corrected chi connectivity index (χ0v) is 15.8. The first kappa shape index (κ1) is 21.0. The molecule has 1 aromatic carbocycles. The molecule has 0 spiro atoms. The number of nitrogens with zero attached hydrogens (tertiary/aromatic N) is 1. The third-order valence-corrected chi connectivity index (χ3v) is 5.20. The average molecular weight is 399 g/mol. The van der Waals surface area contributed by atoms with Gasteiger partial charge < -0.3 is 10.3 Å². The van der Waals surface area contributed by atoms with E-state index in [1.807, 2.05) is 37.3 Å². The maximum atomic E-state index is 12.9. The molecule has 0 aliphatic carbocycles. The van der Waals surface area contributed by atoms with Crippen LogP contribution in [0.3, 0.4) is 0 Å². The minimum absolute atomic E-state index is 0.196. The Kier molecular flexibility index (Phi) is 6.69. The lowest BCUT2D eigenvalue weighted by molar-refractivity contribution is -0.141. The summed E-state index contributed by atoms with van der Waals surface area (Å²) >= 11 is 0.808. The van der Waals surface area contributed by atoms with Crippen LogP contribution in [0, 0.1) is 5.92 Å². The number of aromatic nitrogens is 2. The number of rotatable bonds is 6. The number of aromatic amines is 1. The second kappa shape index (κ2) is 8.60. The van der Waals surface area contributed by atoms with Gasteiger partial charge in [-0.25, -0.2) is 4.98 Å². The van der Waals surface area contributed by atoms with E-state index < -0.39 is 22.7 Å². The minimum Gasteiger partial charge on any atom is -0.349 e. The topological polar surface area (TPSA) is 74.8 Å². The van der Waals surface area contributed by atoms with E-state index >= 15 is 0 Å². The highest BCUT2D eigenvalue weighted by molar-refractivity contribution is 8.00. The standard InChI is InChI=1S/C18H20F3N3O2S/c1-10(2)15(16(26)22-11(3)12-7-5-4-6-8-12)27-17-23-13(18(19,20)21)9-14(25)24-17/h4-11,15H,1-3H3,(H,22,26)(H,23,24,25). The van der Waals surface area contributed by atoms with E-state index in [9.17, 15) is 22.8 Å². The highest BCUT2D eigenvalue weighted by atomic mass is 32.2. The van der Waals surface area contributed by atoms with Gasteiger partial charge in [-0.05, 0) is 18.4 Å². The quantitative estimate of drug-likeness (QED) is 0.573. The Morgan fingerprint density at radius 3 is 2.37 bits per heavy atom. The Balaban J connectivity index is 2.19. The van der Waals surface area contributed by atoms with Crippen LogP contribution in [0.4, 0.5) is 13.2 Å². The monoisotopic (exact) mass is 399 g/mol. The molecule has 1 amide bonds. The fourth-order valence-corrected chi connectivity index (χ4v) is 3.37. The van der Waals surface area contributed by atoms with Crippen LogP contribution in [0.5, 0.6) is 0 Å². The summed E-state index contributed by atoms with van der Waals surface area (Å²) in [6.07, 6.45) is -4.74. The largest absolute Gasteiger partial charge is 0.433 e. The van der Waals surface area contributed by atoms with Gasteiger partial charge in [0.05, 0.1) is 11.3 Å². The van der Waals surface area contributed by atoms with Gasteiger partial charge in [0.25, 0.3) is 5.56 Å². The Labute approximate surface area is 158 Å². The van der Waals surface area contributed by atoms with Gasteiger partial charge in [-0.3, -0.25) is 9.59 Å². The van der Waals surface area contributed by atoms with Crippen LogP contribution in [0.15, 0.2) is 46.3 Å². The molecular weight excluding hydrogens is 379 g/mol. The van der Waals surface area contributed by atoms with Crippen LogP contribution in [0.2, 0.25) is 0 Å². The number of nitrogens with one attached hydrogen (secondary N) is 2. The van der Waals surface area contributed by atoms with E-state index in [0.717, 1.165) is 17.3 Å². The molecule has 2 atom stereocenters. The zero-order valence-electron chi connectivity index (χ0n) is 15.0. The van der Waals surface area contributed by atoms with Crippen molar-refractivity contribution in [3.63, 3.8) is 0 Å². The molecule has 2 aromatic rings. The molecule has 2 unspecified atom stereocenters. The van der Waals surface area contributed by atoms with Crippen molar-refractivity contribution in [3.8, 4) is 0 Å². The van der Waals surface area contributed by atoms with Crippen molar-refractivity contribution < 1.29 is 18.0 Å². The Morgan fingerprint density at radius 1 is 1.19 bits per heavy atom. The predicted octanol–water partition coefficient (Wildman–Crippen LogP) is 3.78. The number of hydrogen-bond acceptors (Lipinski definition) is 4. The van der Waals surface area contributed by atoms with Gasteiger partial charge in [0, 0.05) is 6.07 Å². The number of thioether (sulfide) groups is 1. The zero-order chi connectivity index (χ0) is 20.2. The lowest BCUT2D eigenvalue weighted by atomic mass is 10.1. The first-order chi connectivity index (χ1) is 12.6. The third-order valence-electron chi connectivity index (χ3n) is 3.77. The van der Waals surface area contributed by atoms with Crippen molar-refractivity contribution in [2.45, 2.75) is 43.4 Å². The molecule has 0 radical (unpaired) electrons. The molecule has 0 fully saturated rings. The van der Waals surface area contributed by atoms with Crippen molar-refractivity contribution in [2.75, 3.05) is 0 Å². The molecule has 0 aliphatic rings. The van der Waals surface area contributed by atoms with Crippen LogP contribution >= 0.6 is 11.8 Å². The van der Waals surface area contributed by atoms with Crippen LogP contribution < -0.4 is 10.9 Å². The molecule has 2 N–H and O–H groups in total. The molecule has 1 heterocycles. The van der Waals surface area contributed by atoms with Gasteiger partial charge in [0.15, 0.2) is 10.9 Å². The molecule has 27 heavy (non-hydrogen) atoms. The van der Waals surface area contributed by atoms with Gasteiger partial charge in [0.1, 0.15) is 0 Å². The van der Waals surface area contributed by atoms with E-state index in [4.69, 9.17) is 0 Å². The number of amides is 1. The number of halogens is 3. The van der Waals surface area contributed by atoms with E-state index in [1.54, 1.807) is 13.8 Å². The van der Waals surface area contributed by atoms with E-state index in [1.165, 1.54) is 0 Å². The molecule has 146 valence electrons. The molecule has 1 aromatic heterocycles. The smallest absolute Gasteiger partial charge is 0.349 e. The summed E-state index contributed by atoms with van der Waals surface area (Å²) in [6.45, 7) is 5.37. The van der Waals surface area contributed by atoms with Gasteiger partial charge in [-0.15, -0.1) is 0 Å². The van der Waals surface area contributed by atoms with Gasteiger partial charge in [-0.1, -0.05) is 55.9 Å². The van der Waals surface area contributed by atoms with Crippen molar-refractivity contribution in [3.05, 3.63) is 58.0 Å². The number of hydrogen-bond donors (Lipinski definition) is 2. The van der Waals surface area contributed by atoms with E-state index in [2.05, 4.69) is 15.3 Å². The predicted molar refractivity (Wildman–Crippen MR) is 97.3 cm³/mol. The number of H-pyrrole nitrogens is 1. The van der Waals surface area contributed by atoms with Crippen LogP contribution in [0.1, 0.15) is 38.1 Å². The fourth-order valence-electron chi connectivity index (χ4n) is 2.37. The van der Waals surface area contributed by atoms with Gasteiger partial charge in [-0.2, -0.15) is 13.2 Å². The summed E-state index contributed by atoms with van der Waals surface area (Å²) in [5.74, 6) is -0.538. The SMILES string of the molecule is CC(NC(=O)C(Sc1nc(C(F)(F)F)cc(=O)[nH]1)C(C)C)c1ccccc1. The molecule has 2 rings (SSSR count). The number of carbonyl (C=O) groups is 1. The molecular formula is C18H20F3N3O2S. The van der Waals surface area contributed by atoms with Crippen molar-refractivity contribution >= 4 is 17.7 Å². The Bertz CT molecular complexity index is 838. The second-order valence-electron chi connectivity index (χ2n) is 6.36. The molecule has 5 nitrogen and oxygen atoms in total. The molecule has 0 aliphatic heterocycles. The van der Waals surface area contributed by atoms with Crippen molar-refractivity contribution in [1.82, 2.24) is 15.3 Å². The molecule has 0 saturated carbocycles. The molecule has 0 saturated heterocycles. The fraction of sp³-hybridized carbons (Fsp3) is 0.389. The van der Waals surface area contributed by atoms with Crippen molar-refractivity contribution in [2.24, 2.45) is 5.92 Å². The summed E-state index contributed by atoms with van der Waals surface area (Å²) in [4.78, 5) is 29.9. The lowest BCUT2D eigenvalue weighted by Gasteiger charge is -2.22. The summed E-state index contributed by atoms with van der Waals surface area (Å²) in [5, 5.41) is 1.90. The summed E-state index contributed by atoms with van der Waals surface area (Å²) in [6, 6.07) is 9.43. The van der Waals surface area contributed by atoms with Crippen LogP contribution in [0.25, 0.3) is 0 Å². The number of carbonyl (C=O) groups excluding carboxylic acids is 1. The van der Waals surface area contributed by atoms with E-state index in [0.29, 0.717) is 6.07 Å². The first-order valence-corrected chi connectivity index (χ1v) is 9.16. The number of alkyl halides is 3. The second-order valence-corrected chi connectivity index (χ2v) is 7.49. The molecule has 9 heteroatoms. The summed E-state index contributed by atoms with van der Waals surface area (Å²) < 4.78 is 38.6. The normalized spacial score (nSPS) is 14.0. The summed E-state index contributed by atoms with van der Waals surface area (Å²) in [7, 11) is 0. The highest BCUT2D eigenvalue weighted by Crippen LogP contribution is 2.30. The van der Waals surface area contributed by atoms with E-state index in [-0.39, 0.29) is 23.0 Å². The maximum absolute atomic E-state index is 12.9. The highest BCUT2D eigenvalue weighted by Gasteiger charge is 2.34. The number of benzene rings is 1. The first-order valence-electron chi connectivity index (χ1n) is 8.28.